The lowest BCUT2D eigenvalue weighted by Crippen LogP contribution is -2.38. The molecule has 0 spiro atoms. The summed E-state index contributed by atoms with van der Waals surface area (Å²) in [4.78, 5) is 22.5. The molecule has 2 aromatic rings. The Labute approximate surface area is 129 Å². The van der Waals surface area contributed by atoms with Crippen molar-refractivity contribution in [1.29, 1.82) is 0 Å². The molecule has 114 valence electrons. The zero-order valence-corrected chi connectivity index (χ0v) is 12.6. The highest BCUT2D eigenvalue weighted by atomic mass is 16.3. The highest BCUT2D eigenvalue weighted by molar-refractivity contribution is 5.92. The molecule has 1 aliphatic heterocycles. The quantitative estimate of drug-likeness (QED) is 0.925. The number of rotatable bonds is 2. The summed E-state index contributed by atoms with van der Waals surface area (Å²) in [7, 11) is 0. The number of amides is 1. The topological polar surface area (TPSA) is 66.3 Å². The first kappa shape index (κ1) is 14.5. The second kappa shape index (κ2) is 6.13. The van der Waals surface area contributed by atoms with Crippen molar-refractivity contribution in [2.75, 3.05) is 13.1 Å². The Morgan fingerprint density at radius 3 is 2.41 bits per heavy atom. The Balaban J connectivity index is 1.62. The third-order valence-corrected chi connectivity index (χ3v) is 4.15. The van der Waals surface area contributed by atoms with Gasteiger partial charge < -0.3 is 10.0 Å². The number of aromatic nitrogens is 2. The maximum atomic E-state index is 12.4. The Bertz CT molecular complexity index is 645. The molecule has 0 atom stereocenters. The molecule has 1 fully saturated rings. The lowest BCUT2D eigenvalue weighted by atomic mass is 9.89. The number of carbonyl (C=O) groups is 1. The number of hydrogen-bond donors (Lipinski definition) is 1. The molecular weight excluding hydrogens is 278 g/mol. The molecule has 1 aliphatic rings. The zero-order chi connectivity index (χ0) is 15.5. The van der Waals surface area contributed by atoms with Gasteiger partial charge in [0, 0.05) is 19.3 Å². The summed E-state index contributed by atoms with van der Waals surface area (Å²) >= 11 is 0. The predicted molar refractivity (Wildman–Crippen MR) is 82.8 cm³/mol. The summed E-state index contributed by atoms with van der Waals surface area (Å²) in [5.74, 6) is 0.680. The third-order valence-electron chi connectivity index (χ3n) is 4.15. The van der Waals surface area contributed by atoms with Gasteiger partial charge in [-0.15, -0.1) is 0 Å². The number of aryl methyl sites for hydroxylation is 1. The van der Waals surface area contributed by atoms with E-state index in [0.29, 0.717) is 11.6 Å². The molecule has 5 heteroatoms. The van der Waals surface area contributed by atoms with Crippen molar-refractivity contribution in [1.82, 2.24) is 14.9 Å². The Kier molecular flexibility index (Phi) is 4.04. The van der Waals surface area contributed by atoms with Gasteiger partial charge in [-0.25, -0.2) is 4.98 Å². The fourth-order valence-electron chi connectivity index (χ4n) is 2.83. The molecule has 22 heavy (non-hydrogen) atoms. The van der Waals surface area contributed by atoms with E-state index in [9.17, 15) is 9.90 Å². The first-order valence-electron chi connectivity index (χ1n) is 7.50. The van der Waals surface area contributed by atoms with E-state index in [1.54, 1.807) is 24.5 Å². The highest BCUT2D eigenvalue weighted by Gasteiger charge is 2.25. The van der Waals surface area contributed by atoms with Crippen molar-refractivity contribution in [2.45, 2.75) is 25.7 Å². The minimum Gasteiger partial charge on any atom is -0.508 e. The van der Waals surface area contributed by atoms with Crippen LogP contribution in [0.5, 0.6) is 5.75 Å². The van der Waals surface area contributed by atoms with E-state index < -0.39 is 0 Å². The van der Waals surface area contributed by atoms with Crippen molar-refractivity contribution in [3.63, 3.8) is 0 Å². The van der Waals surface area contributed by atoms with Crippen LogP contribution in [0.25, 0.3) is 0 Å². The molecule has 0 aliphatic carbocycles. The second-order valence-corrected chi connectivity index (χ2v) is 5.70. The number of hydrogen-bond acceptors (Lipinski definition) is 4. The highest BCUT2D eigenvalue weighted by Crippen LogP contribution is 2.29. The van der Waals surface area contributed by atoms with E-state index in [0.717, 1.165) is 31.6 Å². The summed E-state index contributed by atoms with van der Waals surface area (Å²) in [6, 6.07) is 7.36. The van der Waals surface area contributed by atoms with Crippen LogP contribution in [0.1, 0.15) is 40.5 Å². The summed E-state index contributed by atoms with van der Waals surface area (Å²) < 4.78 is 0. The van der Waals surface area contributed by atoms with E-state index >= 15 is 0 Å². The molecule has 5 nitrogen and oxygen atoms in total. The fraction of sp³-hybridized carbons (Fsp3) is 0.353. The van der Waals surface area contributed by atoms with Crippen molar-refractivity contribution in [3.05, 3.63) is 53.6 Å². The number of likely N-dealkylation sites (tertiary alicyclic amines) is 1. The van der Waals surface area contributed by atoms with Gasteiger partial charge in [0.05, 0.1) is 11.9 Å². The average Bonchev–Trinajstić information content (AvgIpc) is 2.56. The van der Waals surface area contributed by atoms with Crippen molar-refractivity contribution in [3.8, 4) is 5.75 Å². The molecule has 1 N–H and O–H groups in total. The zero-order valence-electron chi connectivity index (χ0n) is 12.6. The number of phenolic OH excluding ortho intramolecular Hbond substituents is 1. The molecule has 0 radical (unpaired) electrons. The number of benzene rings is 1. The monoisotopic (exact) mass is 297 g/mol. The van der Waals surface area contributed by atoms with Crippen LogP contribution in [0, 0.1) is 6.92 Å². The molecule has 0 bridgehead atoms. The van der Waals surface area contributed by atoms with Crippen molar-refractivity contribution < 1.29 is 9.90 Å². The van der Waals surface area contributed by atoms with Gasteiger partial charge in [-0.1, -0.05) is 12.1 Å². The first-order valence-corrected chi connectivity index (χ1v) is 7.50. The third kappa shape index (κ3) is 3.08. The number of aromatic hydroxyl groups is 1. The van der Waals surface area contributed by atoms with Crippen molar-refractivity contribution >= 4 is 5.91 Å². The van der Waals surface area contributed by atoms with Gasteiger partial charge in [-0.3, -0.25) is 9.78 Å². The Hall–Kier alpha value is -2.43. The number of piperidine rings is 1. The average molecular weight is 297 g/mol. The Morgan fingerprint density at radius 1 is 1.14 bits per heavy atom. The van der Waals surface area contributed by atoms with Gasteiger partial charge in [0.1, 0.15) is 11.4 Å². The SMILES string of the molecule is Cc1cnc(C(=O)N2CCC(c3ccc(O)cc3)CC2)cn1. The first-order chi connectivity index (χ1) is 10.6. The van der Waals surface area contributed by atoms with Crippen LogP contribution >= 0.6 is 0 Å². The lowest BCUT2D eigenvalue weighted by molar-refractivity contribution is 0.0706. The molecule has 1 saturated heterocycles. The molecular formula is C17H19N3O2. The largest absolute Gasteiger partial charge is 0.508 e. The summed E-state index contributed by atoms with van der Waals surface area (Å²) in [6.45, 7) is 3.30. The van der Waals surface area contributed by atoms with Gasteiger partial charge >= 0.3 is 0 Å². The van der Waals surface area contributed by atoms with Crippen LogP contribution in [0.3, 0.4) is 0 Å². The minimum atomic E-state index is -0.0448. The summed E-state index contributed by atoms with van der Waals surface area (Å²) in [6.07, 6.45) is 5.02. The molecule has 3 rings (SSSR count). The van der Waals surface area contributed by atoms with Gasteiger partial charge in [0.25, 0.3) is 5.91 Å². The molecule has 0 unspecified atom stereocenters. The van der Waals surface area contributed by atoms with E-state index in [1.165, 1.54) is 5.56 Å². The minimum absolute atomic E-state index is 0.0448. The van der Waals surface area contributed by atoms with E-state index in [2.05, 4.69) is 9.97 Å². The number of phenols is 1. The second-order valence-electron chi connectivity index (χ2n) is 5.70. The molecule has 1 aromatic heterocycles. The van der Waals surface area contributed by atoms with Crippen LogP contribution in [-0.2, 0) is 0 Å². The lowest BCUT2D eigenvalue weighted by Gasteiger charge is -2.32. The van der Waals surface area contributed by atoms with Crippen LogP contribution in [-0.4, -0.2) is 39.0 Å². The fourth-order valence-corrected chi connectivity index (χ4v) is 2.83. The Morgan fingerprint density at radius 2 is 1.82 bits per heavy atom. The normalized spacial score (nSPS) is 15.8. The standard InChI is InChI=1S/C17H19N3O2/c1-12-10-19-16(11-18-12)17(22)20-8-6-14(7-9-20)13-2-4-15(21)5-3-13/h2-5,10-11,14,21H,6-9H2,1H3. The van der Waals surface area contributed by atoms with E-state index in [4.69, 9.17) is 0 Å². The van der Waals surface area contributed by atoms with Crippen LogP contribution in [0.15, 0.2) is 36.7 Å². The van der Waals surface area contributed by atoms with Gasteiger partial charge in [-0.2, -0.15) is 0 Å². The molecule has 1 aromatic carbocycles. The maximum absolute atomic E-state index is 12.4. The van der Waals surface area contributed by atoms with Crippen LogP contribution in [0.4, 0.5) is 0 Å². The molecule has 2 heterocycles. The number of carbonyl (C=O) groups excluding carboxylic acids is 1. The maximum Gasteiger partial charge on any atom is 0.274 e. The molecule has 0 saturated carbocycles. The summed E-state index contributed by atoms with van der Waals surface area (Å²) in [5.41, 5.74) is 2.44. The van der Waals surface area contributed by atoms with Gasteiger partial charge in [-0.05, 0) is 43.4 Å². The van der Waals surface area contributed by atoms with Crippen LogP contribution in [0.2, 0.25) is 0 Å². The number of nitrogens with zero attached hydrogens (tertiary/aromatic N) is 3. The van der Waals surface area contributed by atoms with E-state index in [1.807, 2.05) is 24.0 Å². The van der Waals surface area contributed by atoms with Crippen LogP contribution < -0.4 is 0 Å². The predicted octanol–water partition coefficient (Wildman–Crippen LogP) is 2.51. The van der Waals surface area contributed by atoms with Gasteiger partial charge in [0.15, 0.2) is 0 Å². The summed E-state index contributed by atoms with van der Waals surface area (Å²) in [5, 5.41) is 9.35. The van der Waals surface area contributed by atoms with Gasteiger partial charge in [0.2, 0.25) is 0 Å². The van der Waals surface area contributed by atoms with E-state index in [-0.39, 0.29) is 11.7 Å². The molecule has 1 amide bonds. The van der Waals surface area contributed by atoms with Crippen molar-refractivity contribution in [2.24, 2.45) is 0 Å². The smallest absolute Gasteiger partial charge is 0.274 e.